The number of hydrogen-bond acceptors (Lipinski definition) is 2. The van der Waals surface area contributed by atoms with Gasteiger partial charge in [-0.15, -0.1) is 0 Å². The lowest BCUT2D eigenvalue weighted by atomic mass is 9.71. The molecule has 2 saturated carbocycles. The second kappa shape index (κ2) is 6.43. The summed E-state index contributed by atoms with van der Waals surface area (Å²) in [7, 11) is 0. The van der Waals surface area contributed by atoms with Crippen LogP contribution in [0, 0.1) is 11.6 Å². The fraction of sp³-hybridized carbons (Fsp3) is 0.588. The number of benzene rings is 1. The molecule has 3 N–H and O–H groups in total. The molecule has 1 aromatic carbocycles. The number of carbonyl (C=O) groups is 1. The molecule has 6 heteroatoms. The van der Waals surface area contributed by atoms with Crippen LogP contribution in [0.3, 0.4) is 0 Å². The number of halogens is 2. The quantitative estimate of drug-likeness (QED) is 0.800. The van der Waals surface area contributed by atoms with Gasteiger partial charge >= 0.3 is 6.03 Å². The number of urea groups is 1. The summed E-state index contributed by atoms with van der Waals surface area (Å²) in [6, 6.07) is 3.21. The van der Waals surface area contributed by atoms with E-state index in [1.165, 1.54) is 12.1 Å². The van der Waals surface area contributed by atoms with Crippen LogP contribution < -0.4 is 10.6 Å². The topological polar surface area (TPSA) is 61.4 Å². The Hall–Kier alpha value is -1.69. The van der Waals surface area contributed by atoms with Crippen molar-refractivity contribution >= 4 is 6.03 Å². The summed E-state index contributed by atoms with van der Waals surface area (Å²) in [5.74, 6) is -1.24. The highest BCUT2D eigenvalue weighted by Crippen LogP contribution is 2.42. The molecule has 126 valence electrons. The molecule has 0 radical (unpaired) electrons. The maximum Gasteiger partial charge on any atom is 0.315 e. The van der Waals surface area contributed by atoms with Crippen LogP contribution in [0.4, 0.5) is 13.6 Å². The third-order valence-electron chi connectivity index (χ3n) is 5.04. The fourth-order valence-electron chi connectivity index (χ4n) is 3.53. The molecular weight excluding hydrogens is 302 g/mol. The zero-order chi connectivity index (χ0) is 16.4. The van der Waals surface area contributed by atoms with Gasteiger partial charge in [0.1, 0.15) is 11.6 Å². The Morgan fingerprint density at radius 3 is 2.43 bits per heavy atom. The summed E-state index contributed by atoms with van der Waals surface area (Å²) in [6.07, 6.45) is 4.76. The maximum absolute atomic E-state index is 14.1. The van der Waals surface area contributed by atoms with Crippen LogP contribution in [0.15, 0.2) is 18.2 Å². The number of aliphatic hydroxyl groups excluding tert-OH is 1. The summed E-state index contributed by atoms with van der Waals surface area (Å²) < 4.78 is 27.2. The highest BCUT2D eigenvalue weighted by atomic mass is 19.1. The third kappa shape index (κ3) is 3.47. The first-order valence-electron chi connectivity index (χ1n) is 8.21. The van der Waals surface area contributed by atoms with Gasteiger partial charge in [0.05, 0.1) is 11.6 Å². The molecular formula is C17H22F2N2O2. The van der Waals surface area contributed by atoms with E-state index >= 15 is 0 Å². The smallest absolute Gasteiger partial charge is 0.315 e. The van der Waals surface area contributed by atoms with Crippen LogP contribution in [0.1, 0.15) is 50.5 Å². The van der Waals surface area contributed by atoms with Gasteiger partial charge in [-0.1, -0.05) is 6.07 Å². The van der Waals surface area contributed by atoms with Gasteiger partial charge in [0.15, 0.2) is 0 Å². The number of hydrogen-bond donors (Lipinski definition) is 3. The van der Waals surface area contributed by atoms with Crippen LogP contribution in [0.2, 0.25) is 0 Å². The van der Waals surface area contributed by atoms with E-state index < -0.39 is 17.2 Å². The maximum atomic E-state index is 14.1. The van der Waals surface area contributed by atoms with E-state index in [-0.39, 0.29) is 18.2 Å². The number of rotatable bonds is 3. The fourth-order valence-corrected chi connectivity index (χ4v) is 3.53. The summed E-state index contributed by atoms with van der Waals surface area (Å²) in [6.45, 7) is 0. The largest absolute Gasteiger partial charge is 0.393 e. The van der Waals surface area contributed by atoms with Crippen LogP contribution in [-0.4, -0.2) is 23.3 Å². The monoisotopic (exact) mass is 324 g/mol. The van der Waals surface area contributed by atoms with Crippen molar-refractivity contribution in [1.29, 1.82) is 0 Å². The molecule has 2 aliphatic carbocycles. The van der Waals surface area contributed by atoms with Gasteiger partial charge in [0.2, 0.25) is 0 Å². The molecule has 2 aliphatic rings. The Kier molecular flexibility index (Phi) is 4.53. The van der Waals surface area contributed by atoms with Crippen LogP contribution in [0.25, 0.3) is 0 Å². The van der Waals surface area contributed by atoms with E-state index in [1.54, 1.807) is 0 Å². The SMILES string of the molecule is O=C(NC1CCC(O)CC1)NC1(c2ccc(F)cc2F)CCC1. The number of carbonyl (C=O) groups excluding carboxylic acids is 1. The zero-order valence-electron chi connectivity index (χ0n) is 12.9. The lowest BCUT2D eigenvalue weighted by Gasteiger charge is -2.43. The number of aliphatic hydroxyl groups is 1. The van der Waals surface area contributed by atoms with E-state index in [9.17, 15) is 18.7 Å². The molecule has 0 atom stereocenters. The molecule has 2 fully saturated rings. The summed E-state index contributed by atoms with van der Waals surface area (Å²) >= 11 is 0. The van der Waals surface area contributed by atoms with E-state index in [0.29, 0.717) is 31.2 Å². The molecule has 1 aromatic rings. The lowest BCUT2D eigenvalue weighted by Crippen LogP contribution is -2.56. The first-order chi connectivity index (χ1) is 11.0. The van der Waals surface area contributed by atoms with Crippen molar-refractivity contribution in [3.05, 3.63) is 35.4 Å². The standard InChI is InChI=1S/C17H22F2N2O2/c18-11-2-7-14(15(19)10-11)17(8-1-9-17)21-16(23)20-12-3-5-13(22)6-4-12/h2,7,10,12-13,22H,1,3-6,8-9H2,(H2,20,21,23). The van der Waals surface area contributed by atoms with Gasteiger partial charge in [-0.05, 0) is 51.0 Å². The van der Waals surface area contributed by atoms with Crippen molar-refractivity contribution in [2.45, 2.75) is 62.6 Å². The van der Waals surface area contributed by atoms with Crippen LogP contribution >= 0.6 is 0 Å². The summed E-state index contributed by atoms with van der Waals surface area (Å²) in [5, 5.41) is 15.3. The summed E-state index contributed by atoms with van der Waals surface area (Å²) in [4.78, 5) is 12.3. The van der Waals surface area contributed by atoms with Crippen LogP contribution in [0.5, 0.6) is 0 Å². The predicted octanol–water partition coefficient (Wildman–Crippen LogP) is 2.95. The Morgan fingerprint density at radius 2 is 1.87 bits per heavy atom. The molecule has 0 spiro atoms. The molecule has 3 rings (SSSR count). The molecule has 0 aromatic heterocycles. The third-order valence-corrected chi connectivity index (χ3v) is 5.04. The minimum Gasteiger partial charge on any atom is -0.393 e. The first-order valence-corrected chi connectivity index (χ1v) is 8.21. The van der Waals surface area contributed by atoms with E-state index in [1.807, 2.05) is 0 Å². The molecule has 2 amide bonds. The van der Waals surface area contributed by atoms with Gasteiger partial charge in [-0.2, -0.15) is 0 Å². The van der Waals surface area contributed by atoms with E-state index in [2.05, 4.69) is 10.6 Å². The van der Waals surface area contributed by atoms with Gasteiger partial charge in [-0.25, -0.2) is 13.6 Å². The Labute approximate surface area is 134 Å². The van der Waals surface area contributed by atoms with Gasteiger partial charge in [0, 0.05) is 17.7 Å². The molecule has 4 nitrogen and oxygen atoms in total. The Morgan fingerprint density at radius 1 is 1.17 bits per heavy atom. The minimum atomic E-state index is -0.740. The average molecular weight is 324 g/mol. The van der Waals surface area contributed by atoms with Gasteiger partial charge < -0.3 is 15.7 Å². The van der Waals surface area contributed by atoms with Gasteiger partial charge in [-0.3, -0.25) is 0 Å². The van der Waals surface area contributed by atoms with Crippen molar-refractivity contribution in [2.24, 2.45) is 0 Å². The molecule has 23 heavy (non-hydrogen) atoms. The second-order valence-electron chi connectivity index (χ2n) is 6.66. The Balaban J connectivity index is 1.65. The van der Waals surface area contributed by atoms with E-state index in [0.717, 1.165) is 25.3 Å². The van der Waals surface area contributed by atoms with E-state index in [4.69, 9.17) is 0 Å². The first kappa shape index (κ1) is 16.2. The molecule has 0 bridgehead atoms. The molecule has 0 saturated heterocycles. The van der Waals surface area contributed by atoms with Crippen molar-refractivity contribution in [1.82, 2.24) is 10.6 Å². The average Bonchev–Trinajstić information content (AvgIpc) is 2.46. The second-order valence-corrected chi connectivity index (χ2v) is 6.66. The summed E-state index contributed by atoms with van der Waals surface area (Å²) in [5.41, 5.74) is -0.393. The highest BCUT2D eigenvalue weighted by Gasteiger charge is 2.42. The molecule has 0 unspecified atom stereocenters. The van der Waals surface area contributed by atoms with Crippen molar-refractivity contribution in [2.75, 3.05) is 0 Å². The molecule has 0 aliphatic heterocycles. The van der Waals surface area contributed by atoms with Crippen LogP contribution in [-0.2, 0) is 5.54 Å². The normalized spacial score (nSPS) is 26.2. The Bertz CT molecular complexity index is 582. The van der Waals surface area contributed by atoms with Crippen molar-refractivity contribution < 1.29 is 18.7 Å². The van der Waals surface area contributed by atoms with Crippen molar-refractivity contribution in [3.63, 3.8) is 0 Å². The zero-order valence-corrected chi connectivity index (χ0v) is 12.9. The number of nitrogens with one attached hydrogen (secondary N) is 2. The molecule has 0 heterocycles. The number of amides is 2. The predicted molar refractivity (Wildman–Crippen MR) is 81.8 cm³/mol. The van der Waals surface area contributed by atoms with Gasteiger partial charge in [0.25, 0.3) is 0 Å². The van der Waals surface area contributed by atoms with Crippen molar-refractivity contribution in [3.8, 4) is 0 Å². The highest BCUT2D eigenvalue weighted by molar-refractivity contribution is 5.75. The lowest BCUT2D eigenvalue weighted by molar-refractivity contribution is 0.115. The minimum absolute atomic E-state index is 0.0357.